The van der Waals surface area contributed by atoms with Crippen LogP contribution in [0.1, 0.15) is 36.8 Å². The van der Waals surface area contributed by atoms with Crippen LogP contribution in [0.4, 0.5) is 5.82 Å². The first-order chi connectivity index (χ1) is 9.29. The lowest BCUT2D eigenvalue weighted by atomic mass is 9.90. The molecule has 1 heterocycles. The average molecular weight is 280 g/mol. The van der Waals surface area contributed by atoms with Crippen molar-refractivity contribution in [3.05, 3.63) is 23.4 Å². The summed E-state index contributed by atoms with van der Waals surface area (Å²) < 4.78 is 4.98. The highest BCUT2D eigenvalue weighted by Crippen LogP contribution is 2.23. The van der Waals surface area contributed by atoms with E-state index in [1.807, 2.05) is 26.8 Å². The lowest BCUT2D eigenvalue weighted by Crippen LogP contribution is -2.30. The molecule has 1 aromatic rings. The minimum atomic E-state index is -0.160. The minimum absolute atomic E-state index is 0.0774. The van der Waals surface area contributed by atoms with Gasteiger partial charge in [-0.3, -0.25) is 4.79 Å². The Balaban J connectivity index is 3.08. The Hall–Kier alpha value is -1.66. The Morgan fingerprint density at radius 1 is 1.45 bits per heavy atom. The molecule has 20 heavy (non-hydrogen) atoms. The fourth-order valence-electron chi connectivity index (χ4n) is 1.66. The number of rotatable bonds is 5. The Morgan fingerprint density at radius 2 is 2.10 bits per heavy atom. The molecule has 112 valence electrons. The maximum absolute atomic E-state index is 12.4. The summed E-state index contributed by atoms with van der Waals surface area (Å²) in [4.78, 5) is 18.4. The number of hydrogen-bond donors (Lipinski definition) is 2. The largest absolute Gasteiger partial charge is 0.383 e. The van der Waals surface area contributed by atoms with Gasteiger partial charge in [-0.15, -0.1) is 0 Å². The predicted octanol–water partition coefficient (Wildman–Crippen LogP) is 1.38. The minimum Gasteiger partial charge on any atom is -0.383 e. The quantitative estimate of drug-likeness (QED) is 0.629. The molecule has 0 aliphatic heterocycles. The molecule has 0 saturated heterocycles. The van der Waals surface area contributed by atoms with Gasteiger partial charge in [-0.2, -0.15) is 0 Å². The number of likely N-dealkylation sites (N-methyl/N-ethyl adjacent to an activating group) is 1. The summed E-state index contributed by atoms with van der Waals surface area (Å²) in [5, 5.41) is 0. The smallest absolute Gasteiger partial charge is 0.253 e. The van der Waals surface area contributed by atoms with E-state index >= 15 is 0 Å². The van der Waals surface area contributed by atoms with Crippen LogP contribution in [0.2, 0.25) is 0 Å². The predicted molar refractivity (Wildman–Crippen MR) is 79.6 cm³/mol. The second-order valence-electron chi connectivity index (χ2n) is 5.74. The molecule has 0 saturated carbocycles. The molecule has 0 aromatic carbocycles. The second kappa shape index (κ2) is 6.67. The van der Waals surface area contributed by atoms with Crippen LogP contribution in [-0.2, 0) is 10.2 Å². The number of aromatic nitrogens is 1. The van der Waals surface area contributed by atoms with Crippen molar-refractivity contribution in [3.63, 3.8) is 0 Å². The Morgan fingerprint density at radius 3 is 2.60 bits per heavy atom. The van der Waals surface area contributed by atoms with Crippen LogP contribution >= 0.6 is 0 Å². The molecule has 6 nitrogen and oxygen atoms in total. The van der Waals surface area contributed by atoms with Gasteiger partial charge < -0.3 is 15.1 Å². The number of nitrogens with one attached hydrogen (secondary N) is 1. The van der Waals surface area contributed by atoms with Crippen molar-refractivity contribution in [1.82, 2.24) is 9.88 Å². The third kappa shape index (κ3) is 4.18. The molecule has 0 unspecified atom stereocenters. The number of amides is 1. The first-order valence-electron chi connectivity index (χ1n) is 6.53. The third-order valence-electron chi connectivity index (χ3n) is 2.97. The summed E-state index contributed by atoms with van der Waals surface area (Å²) >= 11 is 0. The van der Waals surface area contributed by atoms with Crippen molar-refractivity contribution in [1.29, 1.82) is 0 Å². The number of carbonyl (C=O) groups is 1. The maximum atomic E-state index is 12.4. The highest BCUT2D eigenvalue weighted by atomic mass is 16.5. The Kier molecular flexibility index (Phi) is 5.47. The van der Waals surface area contributed by atoms with Gasteiger partial charge in [0, 0.05) is 37.4 Å². The van der Waals surface area contributed by atoms with E-state index in [9.17, 15) is 4.79 Å². The highest BCUT2D eigenvalue weighted by Gasteiger charge is 2.20. The topological polar surface area (TPSA) is 80.5 Å². The van der Waals surface area contributed by atoms with Crippen molar-refractivity contribution in [3.8, 4) is 0 Å². The molecule has 1 amide bonds. The number of hydrazine groups is 1. The van der Waals surface area contributed by atoms with E-state index in [2.05, 4.69) is 10.4 Å². The molecule has 1 rings (SSSR count). The fraction of sp³-hybridized carbons (Fsp3) is 0.571. The Labute approximate surface area is 120 Å². The van der Waals surface area contributed by atoms with Gasteiger partial charge in [-0.05, 0) is 12.1 Å². The summed E-state index contributed by atoms with van der Waals surface area (Å²) in [6.45, 7) is 7.16. The van der Waals surface area contributed by atoms with Gasteiger partial charge >= 0.3 is 0 Å². The average Bonchev–Trinajstić information content (AvgIpc) is 2.42. The third-order valence-corrected chi connectivity index (χ3v) is 2.97. The fourth-order valence-corrected chi connectivity index (χ4v) is 1.66. The van der Waals surface area contributed by atoms with E-state index in [1.165, 1.54) is 0 Å². The number of methoxy groups -OCH3 is 1. The normalized spacial score (nSPS) is 11.3. The molecule has 0 radical (unpaired) electrons. The molecule has 0 aliphatic rings. The number of anilines is 1. The zero-order valence-electron chi connectivity index (χ0n) is 12.9. The number of ether oxygens (including phenoxy) is 1. The van der Waals surface area contributed by atoms with Crippen LogP contribution in [0.5, 0.6) is 0 Å². The van der Waals surface area contributed by atoms with E-state index in [4.69, 9.17) is 10.6 Å². The molecular formula is C14H24N4O2. The van der Waals surface area contributed by atoms with Gasteiger partial charge in [0.15, 0.2) is 0 Å². The first-order valence-corrected chi connectivity index (χ1v) is 6.53. The number of nitrogens with zero attached hydrogens (tertiary/aromatic N) is 2. The van der Waals surface area contributed by atoms with Crippen LogP contribution in [0, 0.1) is 0 Å². The first kappa shape index (κ1) is 16.4. The molecule has 0 fully saturated rings. The standard InChI is InChI=1S/C14H24N4O2/c1-14(2,3)11-8-10(9-12(16-11)17-15)13(19)18(4)6-7-20-5/h8-9H,6-7,15H2,1-5H3,(H,16,17). The van der Waals surface area contributed by atoms with Crippen molar-refractivity contribution in [2.75, 3.05) is 32.7 Å². The van der Waals surface area contributed by atoms with Gasteiger partial charge in [0.1, 0.15) is 5.82 Å². The summed E-state index contributed by atoms with van der Waals surface area (Å²) in [7, 11) is 3.35. The van der Waals surface area contributed by atoms with E-state index in [0.29, 0.717) is 24.5 Å². The van der Waals surface area contributed by atoms with Crippen molar-refractivity contribution >= 4 is 11.7 Å². The summed E-state index contributed by atoms with van der Waals surface area (Å²) in [6, 6.07) is 3.47. The van der Waals surface area contributed by atoms with E-state index in [-0.39, 0.29) is 11.3 Å². The number of hydrogen-bond acceptors (Lipinski definition) is 5. The zero-order chi connectivity index (χ0) is 15.3. The molecule has 0 spiro atoms. The van der Waals surface area contributed by atoms with Crippen molar-refractivity contribution < 1.29 is 9.53 Å². The number of pyridine rings is 1. The molecular weight excluding hydrogens is 256 g/mol. The van der Waals surface area contributed by atoms with Crippen LogP contribution < -0.4 is 11.3 Å². The summed E-state index contributed by atoms with van der Waals surface area (Å²) in [6.07, 6.45) is 0. The van der Waals surface area contributed by atoms with E-state index in [0.717, 1.165) is 5.69 Å². The number of nitrogen functional groups attached to an aromatic ring is 1. The number of carbonyl (C=O) groups excluding carboxylic acids is 1. The van der Waals surface area contributed by atoms with Gasteiger partial charge in [-0.25, -0.2) is 10.8 Å². The Bertz CT molecular complexity index is 469. The summed E-state index contributed by atoms with van der Waals surface area (Å²) in [5.41, 5.74) is 3.73. The molecule has 0 atom stereocenters. The maximum Gasteiger partial charge on any atom is 0.253 e. The SMILES string of the molecule is COCCN(C)C(=O)c1cc(NN)nc(C(C)(C)C)c1. The summed E-state index contributed by atoms with van der Waals surface area (Å²) in [5.74, 6) is 5.84. The lowest BCUT2D eigenvalue weighted by Gasteiger charge is -2.21. The van der Waals surface area contributed by atoms with Crippen LogP contribution in [0.25, 0.3) is 0 Å². The van der Waals surface area contributed by atoms with Crippen molar-refractivity contribution in [2.45, 2.75) is 26.2 Å². The lowest BCUT2D eigenvalue weighted by molar-refractivity contribution is 0.0744. The van der Waals surface area contributed by atoms with Gasteiger partial charge in [0.05, 0.1) is 6.61 Å². The van der Waals surface area contributed by atoms with Gasteiger partial charge in [-0.1, -0.05) is 20.8 Å². The monoisotopic (exact) mass is 280 g/mol. The molecule has 0 bridgehead atoms. The van der Waals surface area contributed by atoms with E-state index < -0.39 is 0 Å². The highest BCUT2D eigenvalue weighted by molar-refractivity contribution is 5.94. The van der Waals surface area contributed by atoms with Crippen LogP contribution in [-0.4, -0.2) is 43.1 Å². The van der Waals surface area contributed by atoms with Crippen molar-refractivity contribution in [2.24, 2.45) is 5.84 Å². The van der Waals surface area contributed by atoms with E-state index in [1.54, 1.807) is 25.1 Å². The van der Waals surface area contributed by atoms with Crippen LogP contribution in [0.3, 0.4) is 0 Å². The number of nitrogens with two attached hydrogens (primary N) is 1. The van der Waals surface area contributed by atoms with Crippen LogP contribution in [0.15, 0.2) is 12.1 Å². The molecule has 3 N–H and O–H groups in total. The second-order valence-corrected chi connectivity index (χ2v) is 5.74. The molecule has 1 aromatic heterocycles. The zero-order valence-corrected chi connectivity index (χ0v) is 12.9. The van der Waals surface area contributed by atoms with Gasteiger partial charge in [0.25, 0.3) is 5.91 Å². The van der Waals surface area contributed by atoms with Gasteiger partial charge in [0.2, 0.25) is 0 Å². The molecule has 0 aliphatic carbocycles. The molecule has 6 heteroatoms.